The second-order valence-electron chi connectivity index (χ2n) is 7.35. The van der Waals surface area contributed by atoms with Gasteiger partial charge in [-0.2, -0.15) is 4.31 Å². The third-order valence-corrected chi connectivity index (χ3v) is 8.04. The Balaban J connectivity index is 1.34. The number of sulfonamides is 1. The van der Waals surface area contributed by atoms with Crippen molar-refractivity contribution < 1.29 is 17.9 Å². The molecule has 0 atom stereocenters. The first-order valence-corrected chi connectivity index (χ1v) is 12.8. The molecule has 1 aliphatic rings. The van der Waals surface area contributed by atoms with E-state index in [1.165, 1.54) is 16.4 Å². The maximum atomic E-state index is 12.7. The number of carbonyl (C=O) groups is 1. The van der Waals surface area contributed by atoms with Gasteiger partial charge in [0.2, 0.25) is 15.9 Å². The highest BCUT2D eigenvalue weighted by atomic mass is 32.2. The number of para-hydroxylation sites is 1. The van der Waals surface area contributed by atoms with E-state index in [0.717, 1.165) is 15.5 Å². The molecule has 0 aromatic heterocycles. The lowest BCUT2D eigenvalue weighted by Gasteiger charge is -2.26. The molecule has 0 saturated carbocycles. The zero-order valence-corrected chi connectivity index (χ0v) is 19.6. The van der Waals surface area contributed by atoms with Crippen LogP contribution in [0.1, 0.15) is 0 Å². The summed E-state index contributed by atoms with van der Waals surface area (Å²) in [6, 6.07) is 24.1. The monoisotopic (exact) mass is 483 g/mol. The first-order valence-electron chi connectivity index (χ1n) is 10.6. The van der Waals surface area contributed by atoms with Gasteiger partial charge < -0.3 is 15.4 Å². The summed E-state index contributed by atoms with van der Waals surface area (Å²) in [5.74, 6) is -0.224. The fourth-order valence-electron chi connectivity index (χ4n) is 3.34. The summed E-state index contributed by atoms with van der Waals surface area (Å²) in [5.41, 5.74) is 1.41. The SMILES string of the molecule is O=C(CNc1ccccc1Sc1ccccc1)Nc1ccc(S(=O)(=O)N2CCOCC2)cc1. The lowest BCUT2D eigenvalue weighted by atomic mass is 10.3. The average Bonchev–Trinajstić information content (AvgIpc) is 2.85. The number of hydrogen-bond donors (Lipinski definition) is 2. The molecule has 0 aliphatic carbocycles. The molecule has 0 unspecified atom stereocenters. The van der Waals surface area contributed by atoms with Gasteiger partial charge in [0.1, 0.15) is 0 Å². The summed E-state index contributed by atoms with van der Waals surface area (Å²) < 4.78 is 32.1. The third-order valence-electron chi connectivity index (χ3n) is 5.04. The number of nitrogens with one attached hydrogen (secondary N) is 2. The van der Waals surface area contributed by atoms with E-state index in [1.54, 1.807) is 23.9 Å². The number of carbonyl (C=O) groups excluding carboxylic acids is 1. The van der Waals surface area contributed by atoms with Crippen LogP contribution in [0.15, 0.2) is 93.5 Å². The van der Waals surface area contributed by atoms with E-state index in [1.807, 2.05) is 54.6 Å². The number of nitrogens with zero attached hydrogens (tertiary/aromatic N) is 1. The number of hydrogen-bond acceptors (Lipinski definition) is 6. The van der Waals surface area contributed by atoms with Gasteiger partial charge in [-0.1, -0.05) is 42.1 Å². The molecule has 1 saturated heterocycles. The lowest BCUT2D eigenvalue weighted by molar-refractivity contribution is -0.114. The Morgan fingerprint density at radius 3 is 2.30 bits per heavy atom. The average molecular weight is 484 g/mol. The van der Waals surface area contributed by atoms with Crippen LogP contribution in [0.25, 0.3) is 0 Å². The molecule has 1 aliphatic heterocycles. The van der Waals surface area contributed by atoms with Crippen LogP contribution < -0.4 is 10.6 Å². The van der Waals surface area contributed by atoms with Gasteiger partial charge in [0.15, 0.2) is 0 Å². The molecule has 0 spiro atoms. The zero-order valence-electron chi connectivity index (χ0n) is 17.9. The normalized spacial score (nSPS) is 14.5. The summed E-state index contributed by atoms with van der Waals surface area (Å²) in [5, 5.41) is 5.99. The van der Waals surface area contributed by atoms with Gasteiger partial charge in [0.25, 0.3) is 0 Å². The smallest absolute Gasteiger partial charge is 0.243 e. The number of benzene rings is 3. The van der Waals surface area contributed by atoms with E-state index in [9.17, 15) is 13.2 Å². The van der Waals surface area contributed by atoms with Crippen LogP contribution in [-0.2, 0) is 19.6 Å². The van der Waals surface area contributed by atoms with Crippen molar-refractivity contribution in [2.45, 2.75) is 14.7 Å². The van der Waals surface area contributed by atoms with Crippen LogP contribution in [0.5, 0.6) is 0 Å². The van der Waals surface area contributed by atoms with Crippen molar-refractivity contribution in [3.05, 3.63) is 78.9 Å². The van der Waals surface area contributed by atoms with E-state index >= 15 is 0 Å². The first kappa shape index (κ1) is 23.3. The standard InChI is InChI=1S/C24H25N3O4S2/c28-24(18-25-22-8-4-5-9-23(22)32-20-6-2-1-3-7-20)26-19-10-12-21(13-11-19)33(29,30)27-14-16-31-17-15-27/h1-13,25H,14-18H2,(H,26,28). The van der Waals surface area contributed by atoms with Crippen molar-refractivity contribution in [1.82, 2.24) is 4.31 Å². The zero-order chi connectivity index (χ0) is 23.1. The molecule has 3 aromatic carbocycles. The molecule has 0 bridgehead atoms. The predicted molar refractivity (Wildman–Crippen MR) is 130 cm³/mol. The molecule has 4 rings (SSSR count). The summed E-state index contributed by atoms with van der Waals surface area (Å²) in [6.45, 7) is 1.56. The van der Waals surface area contributed by atoms with Crippen molar-refractivity contribution in [2.75, 3.05) is 43.5 Å². The Kier molecular flexibility index (Phi) is 7.66. The van der Waals surface area contributed by atoms with E-state index in [2.05, 4.69) is 10.6 Å². The van der Waals surface area contributed by atoms with Crippen LogP contribution in [-0.4, -0.2) is 51.5 Å². The van der Waals surface area contributed by atoms with Crippen molar-refractivity contribution in [3.8, 4) is 0 Å². The van der Waals surface area contributed by atoms with Crippen LogP contribution in [0.3, 0.4) is 0 Å². The summed E-state index contributed by atoms with van der Waals surface area (Å²) in [4.78, 5) is 14.8. The van der Waals surface area contributed by atoms with Crippen molar-refractivity contribution >= 4 is 39.1 Å². The van der Waals surface area contributed by atoms with E-state index in [-0.39, 0.29) is 17.3 Å². The van der Waals surface area contributed by atoms with Crippen LogP contribution in [0, 0.1) is 0 Å². The first-order chi connectivity index (χ1) is 16.0. The highest BCUT2D eigenvalue weighted by Gasteiger charge is 2.26. The lowest BCUT2D eigenvalue weighted by Crippen LogP contribution is -2.40. The van der Waals surface area contributed by atoms with Crippen LogP contribution in [0.4, 0.5) is 11.4 Å². The fraction of sp³-hybridized carbons (Fsp3) is 0.208. The number of rotatable bonds is 8. The highest BCUT2D eigenvalue weighted by Crippen LogP contribution is 2.33. The highest BCUT2D eigenvalue weighted by molar-refractivity contribution is 7.99. The predicted octanol–water partition coefficient (Wildman–Crippen LogP) is 3.91. The minimum Gasteiger partial charge on any atom is -0.379 e. The molecule has 0 radical (unpaired) electrons. The van der Waals surface area contributed by atoms with Gasteiger partial charge in [-0.05, 0) is 48.5 Å². The Hall–Kier alpha value is -2.85. The topological polar surface area (TPSA) is 87.7 Å². The molecule has 7 nitrogen and oxygen atoms in total. The Bertz CT molecular complexity index is 1180. The molecule has 172 valence electrons. The molecule has 1 fully saturated rings. The molecule has 3 aromatic rings. The number of anilines is 2. The minimum absolute atomic E-state index is 0.0835. The number of amides is 1. The molecule has 1 heterocycles. The third kappa shape index (κ3) is 6.14. The van der Waals surface area contributed by atoms with Gasteiger partial charge in [-0.25, -0.2) is 8.42 Å². The fourth-order valence-corrected chi connectivity index (χ4v) is 5.70. The van der Waals surface area contributed by atoms with Crippen molar-refractivity contribution in [3.63, 3.8) is 0 Å². The molecule has 1 amide bonds. The second-order valence-corrected chi connectivity index (χ2v) is 10.4. The molecule has 33 heavy (non-hydrogen) atoms. The van der Waals surface area contributed by atoms with Gasteiger partial charge >= 0.3 is 0 Å². The summed E-state index contributed by atoms with van der Waals surface area (Å²) in [7, 11) is -3.56. The molecule has 9 heteroatoms. The molecular weight excluding hydrogens is 458 g/mol. The summed E-state index contributed by atoms with van der Waals surface area (Å²) in [6.07, 6.45) is 0. The molecular formula is C24H25N3O4S2. The Morgan fingerprint density at radius 2 is 1.58 bits per heavy atom. The maximum absolute atomic E-state index is 12.7. The maximum Gasteiger partial charge on any atom is 0.243 e. The van der Waals surface area contributed by atoms with Crippen molar-refractivity contribution in [1.29, 1.82) is 0 Å². The van der Waals surface area contributed by atoms with Crippen LogP contribution in [0.2, 0.25) is 0 Å². The number of morpholine rings is 1. The Morgan fingerprint density at radius 1 is 0.909 bits per heavy atom. The van der Waals surface area contributed by atoms with E-state index < -0.39 is 10.0 Å². The van der Waals surface area contributed by atoms with Crippen molar-refractivity contribution in [2.24, 2.45) is 0 Å². The van der Waals surface area contributed by atoms with E-state index in [0.29, 0.717) is 32.0 Å². The van der Waals surface area contributed by atoms with Gasteiger partial charge in [-0.15, -0.1) is 0 Å². The van der Waals surface area contributed by atoms with Gasteiger partial charge in [-0.3, -0.25) is 4.79 Å². The second kappa shape index (κ2) is 10.8. The van der Waals surface area contributed by atoms with Gasteiger partial charge in [0, 0.05) is 34.3 Å². The quantitative estimate of drug-likeness (QED) is 0.505. The largest absolute Gasteiger partial charge is 0.379 e. The molecule has 2 N–H and O–H groups in total. The number of ether oxygens (including phenoxy) is 1. The van der Waals surface area contributed by atoms with Gasteiger partial charge in [0.05, 0.1) is 24.7 Å². The Labute approximate surface area is 198 Å². The van der Waals surface area contributed by atoms with E-state index in [4.69, 9.17) is 4.74 Å². The van der Waals surface area contributed by atoms with Crippen LogP contribution >= 0.6 is 11.8 Å². The summed E-state index contributed by atoms with van der Waals surface area (Å²) >= 11 is 1.62. The minimum atomic E-state index is -3.56.